The van der Waals surface area contributed by atoms with Crippen molar-refractivity contribution in [2.24, 2.45) is 0 Å². The summed E-state index contributed by atoms with van der Waals surface area (Å²) in [7, 11) is 1.61. The fourth-order valence-electron chi connectivity index (χ4n) is 2.61. The number of aryl methyl sites for hydroxylation is 1. The molecule has 146 valence electrons. The molecule has 0 unspecified atom stereocenters. The number of nitrogens with one attached hydrogen (secondary N) is 1. The van der Waals surface area contributed by atoms with E-state index in [4.69, 9.17) is 14.2 Å². The number of hydrogen-bond donors (Lipinski definition) is 1. The zero-order valence-corrected chi connectivity index (χ0v) is 16.4. The van der Waals surface area contributed by atoms with Gasteiger partial charge in [0.2, 0.25) is 0 Å². The lowest BCUT2D eigenvalue weighted by Crippen LogP contribution is -2.36. The van der Waals surface area contributed by atoms with Crippen molar-refractivity contribution in [3.05, 3.63) is 54.1 Å². The molecule has 0 aliphatic heterocycles. The molecule has 0 heterocycles. The summed E-state index contributed by atoms with van der Waals surface area (Å²) in [4.78, 5) is 12.2. The Kier molecular flexibility index (Phi) is 8.49. The molecule has 1 atom stereocenters. The summed E-state index contributed by atoms with van der Waals surface area (Å²) in [5.74, 6) is 2.20. The SMILES string of the molecule is CCCOc1ccccc1CCCNC(=O)[C@@H](C)Oc1ccc(OC)cc1. The number of benzene rings is 2. The van der Waals surface area contributed by atoms with Crippen LogP contribution < -0.4 is 19.5 Å². The molecule has 0 aliphatic carbocycles. The number of carbonyl (C=O) groups is 1. The second-order valence-electron chi connectivity index (χ2n) is 6.29. The molecule has 2 aromatic carbocycles. The van der Waals surface area contributed by atoms with Crippen molar-refractivity contribution in [2.45, 2.75) is 39.2 Å². The second-order valence-corrected chi connectivity index (χ2v) is 6.29. The van der Waals surface area contributed by atoms with Crippen molar-refractivity contribution >= 4 is 5.91 Å². The number of ether oxygens (including phenoxy) is 3. The van der Waals surface area contributed by atoms with Crippen molar-refractivity contribution < 1.29 is 19.0 Å². The van der Waals surface area contributed by atoms with Crippen LogP contribution in [0.2, 0.25) is 0 Å². The molecule has 2 aromatic rings. The maximum Gasteiger partial charge on any atom is 0.260 e. The first-order valence-corrected chi connectivity index (χ1v) is 9.43. The molecule has 0 saturated heterocycles. The summed E-state index contributed by atoms with van der Waals surface area (Å²) in [6.07, 6.45) is 2.12. The first-order chi connectivity index (χ1) is 13.1. The van der Waals surface area contributed by atoms with Gasteiger partial charge in [0.1, 0.15) is 17.2 Å². The molecule has 5 nitrogen and oxygen atoms in total. The summed E-state index contributed by atoms with van der Waals surface area (Å²) in [6, 6.07) is 15.2. The third-order valence-corrected chi connectivity index (χ3v) is 4.10. The highest BCUT2D eigenvalue weighted by molar-refractivity contribution is 5.80. The molecule has 1 N–H and O–H groups in total. The van der Waals surface area contributed by atoms with E-state index in [1.165, 1.54) is 5.56 Å². The van der Waals surface area contributed by atoms with E-state index in [2.05, 4.69) is 18.3 Å². The summed E-state index contributed by atoms with van der Waals surface area (Å²) in [5, 5.41) is 2.93. The van der Waals surface area contributed by atoms with E-state index >= 15 is 0 Å². The van der Waals surface area contributed by atoms with Crippen LogP contribution in [0.1, 0.15) is 32.3 Å². The summed E-state index contributed by atoms with van der Waals surface area (Å²) in [6.45, 7) is 5.14. The van der Waals surface area contributed by atoms with Crippen LogP contribution >= 0.6 is 0 Å². The zero-order chi connectivity index (χ0) is 19.5. The van der Waals surface area contributed by atoms with Crippen LogP contribution in [0.25, 0.3) is 0 Å². The number of carbonyl (C=O) groups excluding carboxylic acids is 1. The van der Waals surface area contributed by atoms with Gasteiger partial charge in [0.15, 0.2) is 6.10 Å². The summed E-state index contributed by atoms with van der Waals surface area (Å²) in [5.41, 5.74) is 1.17. The van der Waals surface area contributed by atoms with Crippen LogP contribution in [0.5, 0.6) is 17.2 Å². The highest BCUT2D eigenvalue weighted by atomic mass is 16.5. The zero-order valence-electron chi connectivity index (χ0n) is 16.4. The third-order valence-electron chi connectivity index (χ3n) is 4.10. The van der Waals surface area contributed by atoms with Crippen molar-refractivity contribution in [3.8, 4) is 17.2 Å². The number of para-hydroxylation sites is 1. The lowest BCUT2D eigenvalue weighted by atomic mass is 10.1. The lowest BCUT2D eigenvalue weighted by Gasteiger charge is -2.15. The number of rotatable bonds is 11. The monoisotopic (exact) mass is 371 g/mol. The molecule has 0 fully saturated rings. The maximum atomic E-state index is 12.2. The predicted molar refractivity (Wildman–Crippen MR) is 107 cm³/mol. The predicted octanol–water partition coefficient (Wildman–Crippen LogP) is 4.00. The maximum absolute atomic E-state index is 12.2. The van der Waals surface area contributed by atoms with Crippen molar-refractivity contribution in [1.82, 2.24) is 5.32 Å². The number of methoxy groups -OCH3 is 1. The molecular formula is C22H29NO4. The number of amides is 1. The van der Waals surface area contributed by atoms with Gasteiger partial charge < -0.3 is 19.5 Å². The molecule has 1 amide bonds. The Bertz CT molecular complexity index is 700. The minimum atomic E-state index is -0.557. The van der Waals surface area contributed by atoms with Crippen LogP contribution in [0, 0.1) is 0 Å². The quantitative estimate of drug-likeness (QED) is 0.607. The van der Waals surface area contributed by atoms with Gasteiger partial charge in [-0.1, -0.05) is 25.1 Å². The van der Waals surface area contributed by atoms with Gasteiger partial charge in [0, 0.05) is 6.54 Å². The average molecular weight is 371 g/mol. The smallest absolute Gasteiger partial charge is 0.260 e. The van der Waals surface area contributed by atoms with Crippen LogP contribution in [-0.4, -0.2) is 32.3 Å². The molecule has 2 rings (SSSR count). The molecule has 0 aliphatic rings. The van der Waals surface area contributed by atoms with E-state index in [1.807, 2.05) is 18.2 Å². The molecule has 0 spiro atoms. The van der Waals surface area contributed by atoms with Gasteiger partial charge in [-0.25, -0.2) is 0 Å². The van der Waals surface area contributed by atoms with E-state index in [0.717, 1.165) is 30.8 Å². The number of hydrogen-bond acceptors (Lipinski definition) is 4. The standard InChI is InChI=1S/C22H29NO4/c1-4-16-26-21-10-6-5-8-18(21)9-7-15-23-22(24)17(2)27-20-13-11-19(25-3)12-14-20/h5-6,8,10-14,17H,4,7,9,15-16H2,1-3H3,(H,23,24)/t17-/m1/s1. The van der Waals surface area contributed by atoms with Crippen LogP contribution in [-0.2, 0) is 11.2 Å². The molecule has 5 heteroatoms. The first-order valence-electron chi connectivity index (χ1n) is 9.43. The normalized spacial score (nSPS) is 11.5. The largest absolute Gasteiger partial charge is 0.497 e. The van der Waals surface area contributed by atoms with E-state index in [9.17, 15) is 4.79 Å². The minimum absolute atomic E-state index is 0.124. The Morgan fingerprint density at radius 3 is 2.48 bits per heavy atom. The van der Waals surface area contributed by atoms with Crippen molar-refractivity contribution in [3.63, 3.8) is 0 Å². The van der Waals surface area contributed by atoms with Gasteiger partial charge in [0.25, 0.3) is 5.91 Å². The van der Waals surface area contributed by atoms with Crippen LogP contribution in [0.4, 0.5) is 0 Å². The Labute approximate surface area is 161 Å². The Balaban J connectivity index is 1.73. The average Bonchev–Trinajstić information content (AvgIpc) is 2.70. The molecule has 0 aromatic heterocycles. The fraction of sp³-hybridized carbons (Fsp3) is 0.409. The van der Waals surface area contributed by atoms with Gasteiger partial charge in [-0.2, -0.15) is 0 Å². The van der Waals surface area contributed by atoms with Gasteiger partial charge in [0.05, 0.1) is 13.7 Å². The first kappa shape index (κ1) is 20.6. The van der Waals surface area contributed by atoms with Gasteiger partial charge in [-0.3, -0.25) is 4.79 Å². The van der Waals surface area contributed by atoms with Gasteiger partial charge in [-0.15, -0.1) is 0 Å². The fourth-order valence-corrected chi connectivity index (χ4v) is 2.61. The van der Waals surface area contributed by atoms with E-state index in [-0.39, 0.29) is 5.91 Å². The minimum Gasteiger partial charge on any atom is -0.497 e. The molecule has 0 bridgehead atoms. The van der Waals surface area contributed by atoms with E-state index in [0.29, 0.717) is 18.9 Å². The third kappa shape index (κ3) is 6.85. The van der Waals surface area contributed by atoms with E-state index in [1.54, 1.807) is 38.3 Å². The van der Waals surface area contributed by atoms with Crippen molar-refractivity contribution in [2.75, 3.05) is 20.3 Å². The molecule has 0 radical (unpaired) electrons. The molecule has 27 heavy (non-hydrogen) atoms. The Morgan fingerprint density at radius 1 is 1.07 bits per heavy atom. The van der Waals surface area contributed by atoms with Crippen LogP contribution in [0.15, 0.2) is 48.5 Å². The lowest BCUT2D eigenvalue weighted by molar-refractivity contribution is -0.127. The Morgan fingerprint density at radius 2 is 1.78 bits per heavy atom. The van der Waals surface area contributed by atoms with Crippen molar-refractivity contribution in [1.29, 1.82) is 0 Å². The second kappa shape index (κ2) is 11.1. The van der Waals surface area contributed by atoms with Gasteiger partial charge in [-0.05, 0) is 62.1 Å². The topological polar surface area (TPSA) is 56.8 Å². The molecule has 0 saturated carbocycles. The summed E-state index contributed by atoms with van der Waals surface area (Å²) < 4.78 is 16.5. The van der Waals surface area contributed by atoms with Gasteiger partial charge >= 0.3 is 0 Å². The summed E-state index contributed by atoms with van der Waals surface area (Å²) >= 11 is 0. The Hall–Kier alpha value is -2.69. The molecular weight excluding hydrogens is 342 g/mol. The highest BCUT2D eigenvalue weighted by Crippen LogP contribution is 2.20. The highest BCUT2D eigenvalue weighted by Gasteiger charge is 2.14. The van der Waals surface area contributed by atoms with Crippen LogP contribution in [0.3, 0.4) is 0 Å². The van der Waals surface area contributed by atoms with E-state index < -0.39 is 6.10 Å².